The number of aldehydes is 1. The van der Waals surface area contributed by atoms with Gasteiger partial charge in [0.15, 0.2) is 0 Å². The molecule has 0 aromatic heterocycles. The standard InChI is InChI=1S/C14H21NO4/c1-12-5-13(2,9-16)7-14(3,6-12)11(19)15(8-12)4-10(17)18/h9H,4-8H2,1-3H3,(H,17,18)/t12-,13+,14-/m1/s1. The summed E-state index contributed by atoms with van der Waals surface area (Å²) in [6.45, 7) is 5.99. The van der Waals surface area contributed by atoms with Crippen LogP contribution in [0, 0.1) is 16.2 Å². The van der Waals surface area contributed by atoms with E-state index in [4.69, 9.17) is 5.11 Å². The van der Waals surface area contributed by atoms with Crippen LogP contribution in [-0.2, 0) is 14.4 Å². The summed E-state index contributed by atoms with van der Waals surface area (Å²) in [4.78, 5) is 36.1. The summed E-state index contributed by atoms with van der Waals surface area (Å²) < 4.78 is 0. The van der Waals surface area contributed by atoms with Crippen LogP contribution in [0.1, 0.15) is 40.0 Å². The third kappa shape index (κ3) is 2.38. The van der Waals surface area contributed by atoms with E-state index >= 15 is 0 Å². The number of carboxylic acids is 1. The lowest BCUT2D eigenvalue weighted by Gasteiger charge is -2.56. The Bertz CT molecular complexity index is 445. The molecule has 2 bridgehead atoms. The minimum Gasteiger partial charge on any atom is -0.480 e. The van der Waals surface area contributed by atoms with E-state index in [0.717, 1.165) is 12.7 Å². The van der Waals surface area contributed by atoms with Gasteiger partial charge in [0.1, 0.15) is 12.8 Å². The van der Waals surface area contributed by atoms with Gasteiger partial charge < -0.3 is 14.8 Å². The molecule has 1 saturated heterocycles. The summed E-state index contributed by atoms with van der Waals surface area (Å²) in [6, 6.07) is 0. The van der Waals surface area contributed by atoms with E-state index in [0.29, 0.717) is 19.4 Å². The molecule has 5 nitrogen and oxygen atoms in total. The molecule has 1 saturated carbocycles. The van der Waals surface area contributed by atoms with Gasteiger partial charge >= 0.3 is 5.97 Å². The Kier molecular flexibility index (Phi) is 2.99. The lowest BCUT2D eigenvalue weighted by Crippen LogP contribution is -2.61. The Hall–Kier alpha value is -1.39. The maximum Gasteiger partial charge on any atom is 0.323 e. The lowest BCUT2D eigenvalue weighted by atomic mass is 9.52. The second kappa shape index (κ2) is 4.05. The third-order valence-corrected chi connectivity index (χ3v) is 4.43. The minimum atomic E-state index is -0.987. The summed E-state index contributed by atoms with van der Waals surface area (Å²) in [5, 5.41) is 8.91. The van der Waals surface area contributed by atoms with Crippen molar-refractivity contribution < 1.29 is 19.5 Å². The van der Waals surface area contributed by atoms with E-state index in [1.807, 2.05) is 20.8 Å². The Morgan fingerprint density at radius 3 is 2.47 bits per heavy atom. The number of hydrogen-bond acceptors (Lipinski definition) is 3. The van der Waals surface area contributed by atoms with Crippen molar-refractivity contribution in [2.24, 2.45) is 16.2 Å². The number of fused-ring (bicyclic) bond motifs is 2. The smallest absolute Gasteiger partial charge is 0.323 e. The molecular formula is C14H21NO4. The number of nitrogens with zero attached hydrogens (tertiary/aromatic N) is 1. The molecule has 2 aliphatic rings. The quantitative estimate of drug-likeness (QED) is 0.782. The molecule has 1 aliphatic heterocycles. The molecule has 5 heteroatoms. The molecule has 0 spiro atoms. The Morgan fingerprint density at radius 1 is 1.32 bits per heavy atom. The van der Waals surface area contributed by atoms with Gasteiger partial charge in [-0.15, -0.1) is 0 Å². The number of carboxylic acid groups (broad SMARTS) is 1. The summed E-state index contributed by atoms with van der Waals surface area (Å²) in [5.41, 5.74) is -1.27. The fraction of sp³-hybridized carbons (Fsp3) is 0.786. The molecular weight excluding hydrogens is 246 g/mol. The van der Waals surface area contributed by atoms with Crippen LogP contribution in [0.25, 0.3) is 0 Å². The van der Waals surface area contributed by atoms with E-state index < -0.39 is 16.8 Å². The zero-order valence-corrected chi connectivity index (χ0v) is 11.7. The highest BCUT2D eigenvalue weighted by Gasteiger charge is 2.57. The van der Waals surface area contributed by atoms with E-state index in [1.165, 1.54) is 4.90 Å². The van der Waals surface area contributed by atoms with Gasteiger partial charge in [0, 0.05) is 17.4 Å². The monoisotopic (exact) mass is 267 g/mol. The van der Waals surface area contributed by atoms with Crippen molar-refractivity contribution in [3.05, 3.63) is 0 Å². The highest BCUT2D eigenvalue weighted by molar-refractivity contribution is 5.87. The van der Waals surface area contributed by atoms with Gasteiger partial charge in [-0.1, -0.05) is 20.8 Å². The van der Waals surface area contributed by atoms with Crippen LogP contribution in [0.5, 0.6) is 0 Å². The van der Waals surface area contributed by atoms with E-state index in [-0.39, 0.29) is 17.9 Å². The predicted octanol–water partition coefficient (Wildman–Crippen LogP) is 1.31. The van der Waals surface area contributed by atoms with Crippen LogP contribution in [0.15, 0.2) is 0 Å². The largest absolute Gasteiger partial charge is 0.480 e. The van der Waals surface area contributed by atoms with E-state index in [2.05, 4.69) is 0 Å². The van der Waals surface area contributed by atoms with Gasteiger partial charge in [-0.05, 0) is 24.7 Å². The van der Waals surface area contributed by atoms with Gasteiger partial charge in [-0.25, -0.2) is 0 Å². The molecule has 106 valence electrons. The van der Waals surface area contributed by atoms with Gasteiger partial charge in [0.05, 0.1) is 0 Å². The zero-order valence-electron chi connectivity index (χ0n) is 11.7. The van der Waals surface area contributed by atoms with Crippen LogP contribution in [-0.4, -0.2) is 41.3 Å². The van der Waals surface area contributed by atoms with Gasteiger partial charge in [0.2, 0.25) is 5.91 Å². The van der Waals surface area contributed by atoms with Crippen LogP contribution in [0.4, 0.5) is 0 Å². The number of carbonyl (C=O) groups excluding carboxylic acids is 2. The van der Waals surface area contributed by atoms with Crippen LogP contribution >= 0.6 is 0 Å². The number of rotatable bonds is 3. The molecule has 0 unspecified atom stereocenters. The topological polar surface area (TPSA) is 74.7 Å². The van der Waals surface area contributed by atoms with Crippen molar-refractivity contribution in [2.45, 2.75) is 40.0 Å². The van der Waals surface area contributed by atoms with E-state index in [1.54, 1.807) is 0 Å². The molecule has 1 amide bonds. The first-order valence-electron chi connectivity index (χ1n) is 6.59. The fourth-order valence-electron chi connectivity index (χ4n) is 4.55. The van der Waals surface area contributed by atoms with Gasteiger partial charge in [-0.3, -0.25) is 9.59 Å². The fourth-order valence-corrected chi connectivity index (χ4v) is 4.55. The summed E-state index contributed by atoms with van der Waals surface area (Å²) >= 11 is 0. The summed E-state index contributed by atoms with van der Waals surface area (Å²) in [6.07, 6.45) is 2.91. The number of piperidine rings is 1. The first-order valence-corrected chi connectivity index (χ1v) is 6.59. The molecule has 2 fully saturated rings. The van der Waals surface area contributed by atoms with Gasteiger partial charge in [0.25, 0.3) is 0 Å². The maximum atomic E-state index is 12.5. The first-order chi connectivity index (χ1) is 8.61. The number of amides is 1. The zero-order chi connectivity index (χ0) is 14.5. The molecule has 0 aromatic carbocycles. The molecule has 1 N–H and O–H groups in total. The minimum absolute atomic E-state index is 0.125. The summed E-state index contributed by atoms with van der Waals surface area (Å²) in [7, 11) is 0. The van der Waals surface area contributed by atoms with Crippen LogP contribution in [0.2, 0.25) is 0 Å². The molecule has 19 heavy (non-hydrogen) atoms. The normalized spacial score (nSPS) is 42.1. The highest BCUT2D eigenvalue weighted by Crippen LogP contribution is 2.57. The average molecular weight is 267 g/mol. The second-order valence-corrected chi connectivity index (χ2v) is 7.23. The lowest BCUT2D eigenvalue weighted by molar-refractivity contribution is -0.169. The SMILES string of the molecule is C[C@]1(C=O)C[C@@]2(C)CN(CC(=O)O)C(=O)[C@@](C)(C1)C2. The van der Waals surface area contributed by atoms with Gasteiger partial charge in [-0.2, -0.15) is 0 Å². The Labute approximate surface area is 113 Å². The molecule has 1 aliphatic carbocycles. The number of hydrogen-bond donors (Lipinski definition) is 1. The third-order valence-electron chi connectivity index (χ3n) is 4.43. The first kappa shape index (κ1) is 14.0. The summed E-state index contributed by atoms with van der Waals surface area (Å²) in [5.74, 6) is -1.11. The van der Waals surface area contributed by atoms with Crippen molar-refractivity contribution in [2.75, 3.05) is 13.1 Å². The average Bonchev–Trinajstić information content (AvgIpc) is 2.23. The van der Waals surface area contributed by atoms with Crippen LogP contribution in [0.3, 0.4) is 0 Å². The van der Waals surface area contributed by atoms with Crippen molar-refractivity contribution in [3.63, 3.8) is 0 Å². The molecule has 0 radical (unpaired) electrons. The number of carbonyl (C=O) groups is 3. The molecule has 2 rings (SSSR count). The van der Waals surface area contributed by atoms with Crippen molar-refractivity contribution in [1.29, 1.82) is 0 Å². The molecule has 0 aromatic rings. The van der Waals surface area contributed by atoms with Crippen molar-refractivity contribution >= 4 is 18.2 Å². The Balaban J connectivity index is 2.34. The molecule has 1 heterocycles. The highest BCUT2D eigenvalue weighted by atomic mass is 16.4. The number of aliphatic carboxylic acids is 1. The Morgan fingerprint density at radius 2 is 1.95 bits per heavy atom. The predicted molar refractivity (Wildman–Crippen MR) is 68.5 cm³/mol. The maximum absolute atomic E-state index is 12.5. The van der Waals surface area contributed by atoms with E-state index in [9.17, 15) is 14.4 Å². The van der Waals surface area contributed by atoms with Crippen LogP contribution < -0.4 is 0 Å². The molecule has 3 atom stereocenters. The van der Waals surface area contributed by atoms with Crippen molar-refractivity contribution in [1.82, 2.24) is 4.90 Å². The second-order valence-electron chi connectivity index (χ2n) is 7.23. The van der Waals surface area contributed by atoms with Crippen molar-refractivity contribution in [3.8, 4) is 0 Å². The number of likely N-dealkylation sites (tertiary alicyclic amines) is 1.